The summed E-state index contributed by atoms with van der Waals surface area (Å²) in [7, 11) is 1.64. The first-order valence-corrected chi connectivity index (χ1v) is 6.92. The number of hydrogen-bond donors (Lipinski definition) is 1. The van der Waals surface area contributed by atoms with Gasteiger partial charge in [-0.3, -0.25) is 4.98 Å². The number of benzene rings is 2. The minimum atomic E-state index is -0.575. The highest BCUT2D eigenvalue weighted by Crippen LogP contribution is 2.23. The fraction of sp³-hybridized carbons (Fsp3) is 0.167. The molecule has 3 rings (SSSR count). The van der Waals surface area contributed by atoms with Gasteiger partial charge in [-0.25, -0.2) is 0 Å². The third-order valence-electron chi connectivity index (χ3n) is 3.56. The molecule has 0 bridgehead atoms. The lowest BCUT2D eigenvalue weighted by atomic mass is 10.0. The highest BCUT2D eigenvalue weighted by atomic mass is 16.5. The molecule has 0 spiro atoms. The second kappa shape index (κ2) is 5.94. The van der Waals surface area contributed by atoms with Crippen LogP contribution >= 0.6 is 0 Å². The van der Waals surface area contributed by atoms with Gasteiger partial charge in [0.1, 0.15) is 5.75 Å². The van der Waals surface area contributed by atoms with Crippen LogP contribution < -0.4 is 4.74 Å². The summed E-state index contributed by atoms with van der Waals surface area (Å²) >= 11 is 0. The molecule has 1 atom stereocenters. The molecule has 21 heavy (non-hydrogen) atoms. The highest BCUT2D eigenvalue weighted by molar-refractivity contribution is 5.78. The summed E-state index contributed by atoms with van der Waals surface area (Å²) in [5, 5.41) is 11.5. The Morgan fingerprint density at radius 1 is 1.10 bits per heavy atom. The predicted octanol–water partition coefficient (Wildman–Crippen LogP) is 3.52. The van der Waals surface area contributed by atoms with Crippen molar-refractivity contribution in [3.8, 4) is 5.75 Å². The third kappa shape index (κ3) is 3.03. The Morgan fingerprint density at radius 2 is 1.95 bits per heavy atom. The topological polar surface area (TPSA) is 42.4 Å². The highest BCUT2D eigenvalue weighted by Gasteiger charge is 2.10. The summed E-state index contributed by atoms with van der Waals surface area (Å²) in [4.78, 5) is 4.39. The van der Waals surface area contributed by atoms with Crippen LogP contribution in [0.25, 0.3) is 10.9 Å². The van der Waals surface area contributed by atoms with Gasteiger partial charge >= 0.3 is 0 Å². The number of aliphatic hydroxyl groups excluding tert-OH is 1. The standard InChI is InChI=1S/C18H17NO2/c1-21-16-7-4-5-13(9-16)10-18(20)15-11-14-6-2-3-8-17(14)19-12-15/h2-9,11-12,18,20H,10H2,1H3. The van der Waals surface area contributed by atoms with Crippen molar-refractivity contribution >= 4 is 10.9 Å². The van der Waals surface area contributed by atoms with Crippen molar-refractivity contribution in [1.82, 2.24) is 4.98 Å². The van der Waals surface area contributed by atoms with E-state index in [2.05, 4.69) is 4.98 Å². The zero-order valence-electron chi connectivity index (χ0n) is 11.9. The Hall–Kier alpha value is -2.39. The van der Waals surface area contributed by atoms with Crippen molar-refractivity contribution in [2.24, 2.45) is 0 Å². The van der Waals surface area contributed by atoms with Gasteiger partial charge in [-0.15, -0.1) is 0 Å². The lowest BCUT2D eigenvalue weighted by Crippen LogP contribution is -2.02. The number of hydrogen-bond acceptors (Lipinski definition) is 3. The van der Waals surface area contributed by atoms with Crippen LogP contribution in [-0.4, -0.2) is 17.2 Å². The molecule has 0 aliphatic carbocycles. The van der Waals surface area contributed by atoms with E-state index in [1.807, 2.05) is 54.6 Å². The van der Waals surface area contributed by atoms with Crippen LogP contribution in [0.3, 0.4) is 0 Å². The monoisotopic (exact) mass is 279 g/mol. The first kappa shape index (κ1) is 13.6. The maximum atomic E-state index is 10.4. The molecule has 0 saturated carbocycles. The van der Waals surface area contributed by atoms with E-state index in [0.717, 1.165) is 27.8 Å². The summed E-state index contributed by atoms with van der Waals surface area (Å²) in [5.41, 5.74) is 2.81. The molecule has 0 aliphatic heterocycles. The Labute approximate surface area is 123 Å². The zero-order chi connectivity index (χ0) is 14.7. The van der Waals surface area contributed by atoms with E-state index in [4.69, 9.17) is 4.74 Å². The van der Waals surface area contributed by atoms with Crippen LogP contribution in [0.4, 0.5) is 0 Å². The van der Waals surface area contributed by atoms with E-state index in [1.165, 1.54) is 0 Å². The second-order valence-electron chi connectivity index (χ2n) is 5.03. The normalized spacial score (nSPS) is 12.3. The van der Waals surface area contributed by atoms with Crippen molar-refractivity contribution in [3.05, 3.63) is 71.9 Å². The number of rotatable bonds is 4. The van der Waals surface area contributed by atoms with Crippen molar-refractivity contribution < 1.29 is 9.84 Å². The van der Waals surface area contributed by atoms with Gasteiger partial charge < -0.3 is 9.84 Å². The zero-order valence-corrected chi connectivity index (χ0v) is 11.9. The first-order chi connectivity index (χ1) is 10.3. The number of nitrogens with zero attached hydrogens (tertiary/aromatic N) is 1. The van der Waals surface area contributed by atoms with Crippen LogP contribution in [0.1, 0.15) is 17.2 Å². The molecule has 1 aromatic heterocycles. The Balaban J connectivity index is 1.84. The average Bonchev–Trinajstić information content (AvgIpc) is 2.54. The maximum absolute atomic E-state index is 10.4. The summed E-state index contributed by atoms with van der Waals surface area (Å²) in [5.74, 6) is 0.802. The maximum Gasteiger partial charge on any atom is 0.119 e. The van der Waals surface area contributed by atoms with Crippen molar-refractivity contribution in [3.63, 3.8) is 0 Å². The number of para-hydroxylation sites is 1. The molecule has 0 radical (unpaired) electrons. The van der Waals surface area contributed by atoms with Crippen LogP contribution in [-0.2, 0) is 6.42 Å². The number of methoxy groups -OCH3 is 1. The van der Waals surface area contributed by atoms with E-state index >= 15 is 0 Å². The van der Waals surface area contributed by atoms with E-state index in [-0.39, 0.29) is 0 Å². The van der Waals surface area contributed by atoms with Gasteiger partial charge in [0.2, 0.25) is 0 Å². The quantitative estimate of drug-likeness (QED) is 0.794. The van der Waals surface area contributed by atoms with E-state index in [0.29, 0.717) is 6.42 Å². The number of ether oxygens (including phenoxy) is 1. The Kier molecular flexibility index (Phi) is 3.84. The molecular weight excluding hydrogens is 262 g/mol. The number of aromatic nitrogens is 1. The molecule has 3 aromatic rings. The molecule has 3 nitrogen and oxygen atoms in total. The van der Waals surface area contributed by atoms with Gasteiger partial charge in [0.05, 0.1) is 18.7 Å². The Morgan fingerprint density at radius 3 is 2.81 bits per heavy atom. The average molecular weight is 279 g/mol. The third-order valence-corrected chi connectivity index (χ3v) is 3.56. The second-order valence-corrected chi connectivity index (χ2v) is 5.03. The van der Waals surface area contributed by atoms with Crippen molar-refractivity contribution in [2.45, 2.75) is 12.5 Å². The van der Waals surface area contributed by atoms with Crippen LogP contribution in [0.2, 0.25) is 0 Å². The first-order valence-electron chi connectivity index (χ1n) is 6.92. The summed E-state index contributed by atoms with van der Waals surface area (Å²) < 4.78 is 5.21. The molecular formula is C18H17NO2. The number of fused-ring (bicyclic) bond motifs is 1. The largest absolute Gasteiger partial charge is 0.497 e. The van der Waals surface area contributed by atoms with Gasteiger partial charge in [0.25, 0.3) is 0 Å². The molecule has 1 heterocycles. The van der Waals surface area contributed by atoms with Gasteiger partial charge in [-0.1, -0.05) is 30.3 Å². The molecule has 1 unspecified atom stereocenters. The summed E-state index contributed by atoms with van der Waals surface area (Å²) in [6.45, 7) is 0. The van der Waals surface area contributed by atoms with Crippen LogP contribution in [0, 0.1) is 0 Å². The fourth-order valence-electron chi connectivity index (χ4n) is 2.41. The SMILES string of the molecule is COc1cccc(CC(O)c2cnc3ccccc3c2)c1. The van der Waals surface area contributed by atoms with Gasteiger partial charge in [-0.2, -0.15) is 0 Å². The summed E-state index contributed by atoms with van der Waals surface area (Å²) in [6, 6.07) is 17.7. The molecule has 3 heteroatoms. The van der Waals surface area contributed by atoms with Gasteiger partial charge in [-0.05, 0) is 35.4 Å². The molecule has 0 amide bonds. The molecule has 0 aliphatic rings. The minimum absolute atomic E-state index is 0.539. The van der Waals surface area contributed by atoms with Crippen LogP contribution in [0.15, 0.2) is 60.8 Å². The Bertz CT molecular complexity index is 755. The molecule has 2 aromatic carbocycles. The summed E-state index contributed by atoms with van der Waals surface area (Å²) in [6.07, 6.45) is 1.71. The fourth-order valence-corrected chi connectivity index (χ4v) is 2.41. The van der Waals surface area contributed by atoms with Crippen molar-refractivity contribution in [2.75, 3.05) is 7.11 Å². The minimum Gasteiger partial charge on any atom is -0.497 e. The molecule has 0 fully saturated rings. The number of pyridine rings is 1. The molecule has 1 N–H and O–H groups in total. The molecule has 106 valence electrons. The number of aliphatic hydroxyl groups is 1. The van der Waals surface area contributed by atoms with Crippen molar-refractivity contribution in [1.29, 1.82) is 0 Å². The lowest BCUT2D eigenvalue weighted by Gasteiger charge is -2.12. The van der Waals surface area contributed by atoms with Crippen LogP contribution in [0.5, 0.6) is 5.75 Å². The van der Waals surface area contributed by atoms with Gasteiger partial charge in [0.15, 0.2) is 0 Å². The van der Waals surface area contributed by atoms with Gasteiger partial charge in [0, 0.05) is 18.0 Å². The predicted molar refractivity (Wildman–Crippen MR) is 83.4 cm³/mol. The molecule has 0 saturated heterocycles. The lowest BCUT2D eigenvalue weighted by molar-refractivity contribution is 0.178. The smallest absolute Gasteiger partial charge is 0.119 e. The van der Waals surface area contributed by atoms with E-state index in [1.54, 1.807) is 13.3 Å². The van der Waals surface area contributed by atoms with E-state index < -0.39 is 6.10 Å². The van der Waals surface area contributed by atoms with E-state index in [9.17, 15) is 5.11 Å².